The second kappa shape index (κ2) is 6.40. The molecule has 0 saturated carbocycles. The molecule has 0 aliphatic heterocycles. The first-order chi connectivity index (χ1) is 8.04. The number of aliphatic carboxylic acids is 1. The third kappa shape index (κ3) is 4.19. The molecule has 1 aromatic carbocycles. The smallest absolute Gasteiger partial charge is 0.320 e. The lowest BCUT2D eigenvalue weighted by molar-refractivity contribution is -0.142. The number of hydrogen-bond acceptors (Lipinski definition) is 2. The Balaban J connectivity index is 2.59. The van der Waals surface area contributed by atoms with Crippen LogP contribution in [0.4, 0.5) is 0 Å². The molecular formula is C14H21NO2. The number of aryl methyl sites for hydroxylation is 1. The number of rotatable bonds is 6. The minimum Gasteiger partial charge on any atom is -0.480 e. The van der Waals surface area contributed by atoms with Crippen LogP contribution in [0.3, 0.4) is 0 Å². The quantitative estimate of drug-likeness (QED) is 0.823. The van der Waals surface area contributed by atoms with Crippen LogP contribution in [0.5, 0.6) is 0 Å². The lowest BCUT2D eigenvalue weighted by Crippen LogP contribution is -2.35. The highest BCUT2D eigenvalue weighted by Gasteiger charge is 2.16. The summed E-state index contributed by atoms with van der Waals surface area (Å²) in [5.74, 6) is -0.782. The first-order valence-electron chi connectivity index (χ1n) is 6.05. The van der Waals surface area contributed by atoms with Crippen LogP contribution < -0.4 is 0 Å². The summed E-state index contributed by atoms with van der Waals surface area (Å²) in [5, 5.41) is 8.90. The number of nitrogens with zero attached hydrogens (tertiary/aromatic N) is 1. The summed E-state index contributed by atoms with van der Waals surface area (Å²) < 4.78 is 0. The van der Waals surface area contributed by atoms with Gasteiger partial charge in [-0.2, -0.15) is 0 Å². The SMILES string of the molecule is CCCc1ccc(CN(C)C(C)C(=O)O)cc1. The molecule has 0 bridgehead atoms. The van der Waals surface area contributed by atoms with Gasteiger partial charge < -0.3 is 5.11 Å². The zero-order chi connectivity index (χ0) is 12.8. The molecule has 0 aliphatic rings. The summed E-state index contributed by atoms with van der Waals surface area (Å²) in [7, 11) is 1.83. The second-order valence-electron chi connectivity index (χ2n) is 4.50. The van der Waals surface area contributed by atoms with Crippen LogP contribution in [-0.2, 0) is 17.8 Å². The third-order valence-corrected chi connectivity index (χ3v) is 3.01. The van der Waals surface area contributed by atoms with Gasteiger partial charge in [0.05, 0.1) is 0 Å². The molecule has 0 aliphatic carbocycles. The maximum Gasteiger partial charge on any atom is 0.320 e. The monoisotopic (exact) mass is 235 g/mol. The Morgan fingerprint density at radius 1 is 1.29 bits per heavy atom. The molecule has 0 heterocycles. The van der Waals surface area contributed by atoms with E-state index in [1.54, 1.807) is 6.92 Å². The van der Waals surface area contributed by atoms with E-state index in [4.69, 9.17) is 5.11 Å². The van der Waals surface area contributed by atoms with Gasteiger partial charge in [0.15, 0.2) is 0 Å². The number of likely N-dealkylation sites (N-methyl/N-ethyl adjacent to an activating group) is 1. The second-order valence-corrected chi connectivity index (χ2v) is 4.50. The van der Waals surface area contributed by atoms with Crippen molar-refractivity contribution in [2.45, 2.75) is 39.3 Å². The van der Waals surface area contributed by atoms with E-state index >= 15 is 0 Å². The summed E-state index contributed by atoms with van der Waals surface area (Å²) >= 11 is 0. The fourth-order valence-corrected chi connectivity index (χ4v) is 1.71. The van der Waals surface area contributed by atoms with E-state index in [1.165, 1.54) is 5.56 Å². The number of carboxylic acids is 1. The lowest BCUT2D eigenvalue weighted by atomic mass is 10.1. The molecule has 1 rings (SSSR count). The van der Waals surface area contributed by atoms with Crippen molar-refractivity contribution in [3.05, 3.63) is 35.4 Å². The van der Waals surface area contributed by atoms with Crippen molar-refractivity contribution >= 4 is 5.97 Å². The van der Waals surface area contributed by atoms with Gasteiger partial charge in [-0.05, 0) is 31.5 Å². The first-order valence-corrected chi connectivity index (χ1v) is 6.05. The van der Waals surface area contributed by atoms with E-state index in [1.807, 2.05) is 11.9 Å². The van der Waals surface area contributed by atoms with Gasteiger partial charge >= 0.3 is 5.97 Å². The average Bonchev–Trinajstić information content (AvgIpc) is 2.30. The van der Waals surface area contributed by atoms with E-state index in [2.05, 4.69) is 31.2 Å². The van der Waals surface area contributed by atoms with Crippen molar-refractivity contribution in [3.8, 4) is 0 Å². The number of carbonyl (C=O) groups is 1. The Hall–Kier alpha value is -1.35. The van der Waals surface area contributed by atoms with E-state index in [0.29, 0.717) is 6.54 Å². The molecule has 0 saturated heterocycles. The van der Waals surface area contributed by atoms with Gasteiger partial charge in [-0.3, -0.25) is 9.69 Å². The van der Waals surface area contributed by atoms with E-state index in [0.717, 1.165) is 18.4 Å². The zero-order valence-corrected chi connectivity index (χ0v) is 10.8. The van der Waals surface area contributed by atoms with Crippen LogP contribution in [0, 0.1) is 0 Å². The van der Waals surface area contributed by atoms with Gasteiger partial charge in [0.1, 0.15) is 6.04 Å². The Labute approximate surface area is 103 Å². The Morgan fingerprint density at radius 2 is 1.82 bits per heavy atom. The average molecular weight is 235 g/mol. The van der Waals surface area contributed by atoms with Crippen molar-refractivity contribution < 1.29 is 9.90 Å². The van der Waals surface area contributed by atoms with Crippen LogP contribution in [0.15, 0.2) is 24.3 Å². The largest absolute Gasteiger partial charge is 0.480 e. The summed E-state index contributed by atoms with van der Waals surface area (Å²) in [6.07, 6.45) is 2.25. The van der Waals surface area contributed by atoms with Crippen LogP contribution in [0.25, 0.3) is 0 Å². The van der Waals surface area contributed by atoms with Crippen molar-refractivity contribution in [1.29, 1.82) is 0 Å². The van der Waals surface area contributed by atoms with E-state index in [-0.39, 0.29) is 0 Å². The van der Waals surface area contributed by atoms with Crippen LogP contribution in [0.1, 0.15) is 31.4 Å². The zero-order valence-electron chi connectivity index (χ0n) is 10.8. The molecule has 0 amide bonds. The highest BCUT2D eigenvalue weighted by Crippen LogP contribution is 2.10. The maximum atomic E-state index is 10.8. The number of carboxylic acid groups (broad SMARTS) is 1. The molecule has 0 fully saturated rings. The molecule has 0 spiro atoms. The van der Waals surface area contributed by atoms with Gasteiger partial charge in [-0.15, -0.1) is 0 Å². The summed E-state index contributed by atoms with van der Waals surface area (Å²) in [5.41, 5.74) is 2.49. The summed E-state index contributed by atoms with van der Waals surface area (Å²) in [6.45, 7) is 4.53. The molecule has 0 radical (unpaired) electrons. The Bertz CT molecular complexity index is 359. The molecule has 1 unspecified atom stereocenters. The summed E-state index contributed by atoms with van der Waals surface area (Å²) in [6, 6.07) is 7.95. The molecule has 94 valence electrons. The van der Waals surface area contributed by atoms with Crippen LogP contribution >= 0.6 is 0 Å². The lowest BCUT2D eigenvalue weighted by Gasteiger charge is -2.21. The molecule has 1 N–H and O–H groups in total. The fourth-order valence-electron chi connectivity index (χ4n) is 1.71. The Kier molecular flexibility index (Phi) is 5.16. The molecule has 1 aromatic rings. The van der Waals surface area contributed by atoms with Crippen molar-refractivity contribution in [3.63, 3.8) is 0 Å². The topological polar surface area (TPSA) is 40.5 Å². The minimum absolute atomic E-state index is 0.453. The predicted molar refractivity (Wildman–Crippen MR) is 69.0 cm³/mol. The molecule has 1 atom stereocenters. The highest BCUT2D eigenvalue weighted by atomic mass is 16.4. The fraction of sp³-hybridized carbons (Fsp3) is 0.500. The van der Waals surface area contributed by atoms with E-state index < -0.39 is 12.0 Å². The van der Waals surface area contributed by atoms with Gasteiger partial charge in [-0.1, -0.05) is 37.6 Å². The first kappa shape index (κ1) is 13.7. The standard InChI is InChI=1S/C14H21NO2/c1-4-5-12-6-8-13(9-7-12)10-15(3)11(2)14(16)17/h6-9,11H,4-5,10H2,1-3H3,(H,16,17). The van der Waals surface area contributed by atoms with Crippen molar-refractivity contribution in [2.75, 3.05) is 7.05 Å². The molecular weight excluding hydrogens is 214 g/mol. The van der Waals surface area contributed by atoms with Crippen LogP contribution in [0.2, 0.25) is 0 Å². The molecule has 0 aromatic heterocycles. The molecule has 3 heteroatoms. The van der Waals surface area contributed by atoms with E-state index in [9.17, 15) is 4.79 Å². The molecule has 3 nitrogen and oxygen atoms in total. The van der Waals surface area contributed by atoms with Gasteiger partial charge in [0, 0.05) is 6.54 Å². The number of benzene rings is 1. The number of hydrogen-bond donors (Lipinski definition) is 1. The minimum atomic E-state index is -0.782. The predicted octanol–water partition coefficient (Wildman–Crippen LogP) is 2.54. The van der Waals surface area contributed by atoms with Gasteiger partial charge in [0.2, 0.25) is 0 Å². The molecule has 17 heavy (non-hydrogen) atoms. The highest BCUT2D eigenvalue weighted by molar-refractivity contribution is 5.72. The Morgan fingerprint density at radius 3 is 2.29 bits per heavy atom. The third-order valence-electron chi connectivity index (χ3n) is 3.01. The van der Waals surface area contributed by atoms with Crippen molar-refractivity contribution in [1.82, 2.24) is 4.90 Å². The van der Waals surface area contributed by atoms with Gasteiger partial charge in [-0.25, -0.2) is 0 Å². The van der Waals surface area contributed by atoms with Gasteiger partial charge in [0.25, 0.3) is 0 Å². The van der Waals surface area contributed by atoms with Crippen LogP contribution in [-0.4, -0.2) is 29.1 Å². The normalized spacial score (nSPS) is 12.7. The van der Waals surface area contributed by atoms with Crippen molar-refractivity contribution in [2.24, 2.45) is 0 Å². The maximum absolute atomic E-state index is 10.8. The summed E-state index contributed by atoms with van der Waals surface area (Å²) in [4.78, 5) is 12.7.